The van der Waals surface area contributed by atoms with Crippen LogP contribution in [0, 0.1) is 0 Å². The normalized spacial score (nSPS) is 22.6. The Morgan fingerprint density at radius 3 is 2.79 bits per heavy atom. The van der Waals surface area contributed by atoms with Gasteiger partial charge in [0.15, 0.2) is 5.60 Å². The van der Waals surface area contributed by atoms with Crippen LogP contribution in [-0.4, -0.2) is 35.4 Å². The molecular weight excluding hydrogens is 246 g/mol. The lowest BCUT2D eigenvalue weighted by molar-refractivity contribution is 0.0243. The lowest BCUT2D eigenvalue weighted by Crippen LogP contribution is -2.28. The van der Waals surface area contributed by atoms with Gasteiger partial charge in [-0.05, 0) is 37.2 Å². The van der Waals surface area contributed by atoms with Crippen LogP contribution >= 0.6 is 0 Å². The molecule has 1 saturated heterocycles. The predicted octanol–water partition coefficient (Wildman–Crippen LogP) is 0.926. The van der Waals surface area contributed by atoms with Crippen LogP contribution in [-0.2, 0) is 5.60 Å². The van der Waals surface area contributed by atoms with Crippen LogP contribution in [0.1, 0.15) is 12.3 Å². The monoisotopic (exact) mass is 261 g/mol. The van der Waals surface area contributed by atoms with Crippen molar-refractivity contribution >= 4 is 0 Å². The number of methoxy groups -OCH3 is 1. The molecule has 1 aliphatic heterocycles. The maximum absolute atomic E-state index is 10.3. The Kier molecular flexibility index (Phi) is 2.96. The minimum atomic E-state index is -1.04. The first-order valence-electron chi connectivity index (χ1n) is 6.13. The van der Waals surface area contributed by atoms with Crippen molar-refractivity contribution in [1.29, 1.82) is 0 Å². The molecule has 2 heterocycles. The third-order valence-electron chi connectivity index (χ3n) is 3.31. The first-order chi connectivity index (χ1) is 9.21. The van der Waals surface area contributed by atoms with Gasteiger partial charge in [0.1, 0.15) is 5.75 Å². The lowest BCUT2D eigenvalue weighted by Gasteiger charge is -2.14. The first-order valence-corrected chi connectivity index (χ1v) is 6.13. The van der Waals surface area contributed by atoms with Crippen LogP contribution in [0.2, 0.25) is 0 Å². The largest absolute Gasteiger partial charge is 0.497 e. The Bertz CT molecular complexity index is 559. The highest BCUT2D eigenvalue weighted by molar-refractivity contribution is 5.55. The van der Waals surface area contributed by atoms with Crippen molar-refractivity contribution < 1.29 is 14.4 Å². The first kappa shape index (κ1) is 12.1. The molecule has 0 aliphatic carbocycles. The quantitative estimate of drug-likeness (QED) is 0.855. The predicted molar refractivity (Wildman–Crippen MR) is 67.7 cm³/mol. The molecule has 0 spiro atoms. The maximum Gasteiger partial charge on any atom is 0.260 e. The third kappa shape index (κ3) is 2.20. The summed E-state index contributed by atoms with van der Waals surface area (Å²) in [6.45, 7) is 1.19. The van der Waals surface area contributed by atoms with Crippen LogP contribution in [0.3, 0.4) is 0 Å². The molecule has 0 radical (unpaired) electrons. The molecule has 6 nitrogen and oxygen atoms in total. The van der Waals surface area contributed by atoms with Crippen LogP contribution in [0.5, 0.6) is 5.75 Å². The van der Waals surface area contributed by atoms with Gasteiger partial charge in [-0.1, -0.05) is 5.16 Å². The number of ether oxygens (including phenoxy) is 1. The Morgan fingerprint density at radius 1 is 1.37 bits per heavy atom. The van der Waals surface area contributed by atoms with Crippen LogP contribution < -0.4 is 10.1 Å². The van der Waals surface area contributed by atoms with Gasteiger partial charge in [0, 0.05) is 12.1 Å². The van der Waals surface area contributed by atoms with E-state index in [0.29, 0.717) is 18.8 Å². The number of rotatable bonds is 3. The van der Waals surface area contributed by atoms with E-state index in [0.717, 1.165) is 17.9 Å². The molecule has 1 unspecified atom stereocenters. The molecule has 19 heavy (non-hydrogen) atoms. The molecule has 0 saturated carbocycles. The minimum absolute atomic E-state index is 0.267. The zero-order valence-electron chi connectivity index (χ0n) is 10.6. The fourth-order valence-corrected chi connectivity index (χ4v) is 2.13. The second-order valence-corrected chi connectivity index (χ2v) is 4.61. The maximum atomic E-state index is 10.3. The summed E-state index contributed by atoms with van der Waals surface area (Å²) in [5.41, 5.74) is -0.220. The fraction of sp³-hybridized carbons (Fsp3) is 0.385. The summed E-state index contributed by atoms with van der Waals surface area (Å²) in [4.78, 5) is 4.28. The fourth-order valence-electron chi connectivity index (χ4n) is 2.13. The van der Waals surface area contributed by atoms with E-state index < -0.39 is 5.60 Å². The van der Waals surface area contributed by atoms with Gasteiger partial charge < -0.3 is 19.7 Å². The smallest absolute Gasteiger partial charge is 0.260 e. The molecule has 2 N–H and O–H groups in total. The van der Waals surface area contributed by atoms with E-state index in [-0.39, 0.29) is 5.89 Å². The number of nitrogens with zero attached hydrogens (tertiary/aromatic N) is 2. The molecule has 6 heteroatoms. The third-order valence-corrected chi connectivity index (χ3v) is 3.31. The van der Waals surface area contributed by atoms with E-state index in [1.165, 1.54) is 0 Å². The van der Waals surface area contributed by atoms with E-state index in [4.69, 9.17) is 9.26 Å². The van der Waals surface area contributed by atoms with Gasteiger partial charge in [0.05, 0.1) is 7.11 Å². The number of benzene rings is 1. The standard InChI is InChI=1S/C13H15N3O3/c1-18-10-4-2-9(3-5-10)11-15-12(19-16-11)13(17)6-7-14-8-13/h2-5,14,17H,6-8H2,1H3. The molecule has 1 aliphatic rings. The molecule has 0 amide bonds. The Morgan fingerprint density at radius 2 is 2.16 bits per heavy atom. The van der Waals surface area contributed by atoms with Crippen molar-refractivity contribution in [2.45, 2.75) is 12.0 Å². The van der Waals surface area contributed by atoms with E-state index >= 15 is 0 Å². The molecule has 100 valence electrons. The van der Waals surface area contributed by atoms with Gasteiger partial charge in [0.25, 0.3) is 5.89 Å². The van der Waals surface area contributed by atoms with Crippen molar-refractivity contribution in [3.63, 3.8) is 0 Å². The van der Waals surface area contributed by atoms with Gasteiger partial charge >= 0.3 is 0 Å². The summed E-state index contributed by atoms with van der Waals surface area (Å²) in [5.74, 6) is 1.51. The Hall–Kier alpha value is -1.92. The van der Waals surface area contributed by atoms with Gasteiger partial charge in [0.2, 0.25) is 5.82 Å². The highest BCUT2D eigenvalue weighted by atomic mass is 16.5. The van der Waals surface area contributed by atoms with Gasteiger partial charge in [-0.3, -0.25) is 0 Å². The van der Waals surface area contributed by atoms with Crippen LogP contribution in [0.15, 0.2) is 28.8 Å². The van der Waals surface area contributed by atoms with E-state index in [9.17, 15) is 5.11 Å². The lowest BCUT2D eigenvalue weighted by atomic mass is 10.0. The SMILES string of the molecule is COc1ccc(-c2noc(C3(O)CCNC3)n2)cc1. The summed E-state index contributed by atoms with van der Waals surface area (Å²) in [5, 5.41) is 17.3. The molecule has 1 aromatic carbocycles. The molecule has 2 aromatic rings. The topological polar surface area (TPSA) is 80.4 Å². The summed E-state index contributed by atoms with van der Waals surface area (Å²) in [6, 6.07) is 7.36. The van der Waals surface area contributed by atoms with Crippen LogP contribution in [0.4, 0.5) is 0 Å². The second kappa shape index (κ2) is 4.64. The summed E-state index contributed by atoms with van der Waals surface area (Å²) in [7, 11) is 1.62. The van der Waals surface area contributed by atoms with Gasteiger partial charge in [-0.15, -0.1) is 0 Å². The molecule has 1 atom stereocenters. The number of aliphatic hydroxyl groups is 1. The Labute approximate surface area is 110 Å². The molecule has 1 fully saturated rings. The summed E-state index contributed by atoms with van der Waals surface area (Å²) < 4.78 is 10.3. The molecule has 1 aromatic heterocycles. The van der Waals surface area contributed by atoms with Crippen molar-refractivity contribution in [2.75, 3.05) is 20.2 Å². The van der Waals surface area contributed by atoms with E-state index in [1.54, 1.807) is 7.11 Å². The number of hydrogen-bond donors (Lipinski definition) is 2. The van der Waals surface area contributed by atoms with E-state index in [1.807, 2.05) is 24.3 Å². The average molecular weight is 261 g/mol. The van der Waals surface area contributed by atoms with Crippen molar-refractivity contribution in [3.05, 3.63) is 30.2 Å². The summed E-state index contributed by atoms with van der Waals surface area (Å²) in [6.07, 6.45) is 0.581. The molecule has 0 bridgehead atoms. The van der Waals surface area contributed by atoms with Crippen molar-refractivity contribution in [3.8, 4) is 17.1 Å². The average Bonchev–Trinajstić information content (AvgIpc) is 3.08. The Balaban J connectivity index is 1.87. The zero-order valence-corrected chi connectivity index (χ0v) is 10.6. The van der Waals surface area contributed by atoms with E-state index in [2.05, 4.69) is 15.5 Å². The zero-order chi connectivity index (χ0) is 13.3. The summed E-state index contributed by atoms with van der Waals surface area (Å²) >= 11 is 0. The highest BCUT2D eigenvalue weighted by Gasteiger charge is 2.38. The van der Waals surface area contributed by atoms with Crippen molar-refractivity contribution in [1.82, 2.24) is 15.5 Å². The minimum Gasteiger partial charge on any atom is -0.497 e. The number of aromatic nitrogens is 2. The number of β-amino-alcohol motifs (C(OH)–C–C–N with tert-alkyl or cyclic N) is 1. The second-order valence-electron chi connectivity index (χ2n) is 4.61. The number of nitrogens with one attached hydrogen (secondary N) is 1. The number of hydrogen-bond acceptors (Lipinski definition) is 6. The van der Waals surface area contributed by atoms with Gasteiger partial charge in [-0.2, -0.15) is 4.98 Å². The van der Waals surface area contributed by atoms with Crippen LogP contribution in [0.25, 0.3) is 11.4 Å². The molecule has 3 rings (SSSR count). The highest BCUT2D eigenvalue weighted by Crippen LogP contribution is 2.28. The molecular formula is C13H15N3O3. The van der Waals surface area contributed by atoms with Gasteiger partial charge in [-0.25, -0.2) is 0 Å². The van der Waals surface area contributed by atoms with Crippen molar-refractivity contribution in [2.24, 2.45) is 0 Å².